The SMILES string of the molecule is Cc1ccc(C2CCCC2N(C)S(=O)(=O)c2ccc3[nH]c(=O)cnc3c2)cc1. The molecule has 1 saturated carbocycles. The molecule has 2 unspecified atom stereocenters. The van der Waals surface area contributed by atoms with Crippen molar-refractivity contribution in [3.63, 3.8) is 0 Å². The van der Waals surface area contributed by atoms with E-state index in [2.05, 4.69) is 34.2 Å². The molecule has 0 bridgehead atoms. The zero-order valence-corrected chi connectivity index (χ0v) is 16.7. The number of nitrogens with zero attached hydrogens (tertiary/aromatic N) is 2. The highest BCUT2D eigenvalue weighted by atomic mass is 32.2. The summed E-state index contributed by atoms with van der Waals surface area (Å²) in [4.78, 5) is 18.3. The number of H-pyrrole nitrogens is 1. The molecule has 0 radical (unpaired) electrons. The predicted molar refractivity (Wildman–Crippen MR) is 109 cm³/mol. The van der Waals surface area contributed by atoms with E-state index in [0.717, 1.165) is 25.5 Å². The van der Waals surface area contributed by atoms with E-state index in [1.165, 1.54) is 27.6 Å². The van der Waals surface area contributed by atoms with Gasteiger partial charge < -0.3 is 4.98 Å². The van der Waals surface area contributed by atoms with Crippen LogP contribution in [-0.4, -0.2) is 35.8 Å². The Hall–Kier alpha value is -2.51. The average molecular weight is 398 g/mol. The van der Waals surface area contributed by atoms with Crippen molar-refractivity contribution < 1.29 is 8.42 Å². The zero-order valence-electron chi connectivity index (χ0n) is 15.9. The Morgan fingerprint density at radius 2 is 1.86 bits per heavy atom. The molecule has 6 nitrogen and oxygen atoms in total. The summed E-state index contributed by atoms with van der Waals surface area (Å²) in [6.45, 7) is 2.05. The molecular weight excluding hydrogens is 374 g/mol. The highest BCUT2D eigenvalue weighted by molar-refractivity contribution is 7.89. The van der Waals surface area contributed by atoms with Crippen LogP contribution in [0, 0.1) is 6.92 Å². The molecule has 146 valence electrons. The summed E-state index contributed by atoms with van der Waals surface area (Å²) in [5, 5.41) is 0. The fourth-order valence-corrected chi connectivity index (χ4v) is 5.54. The lowest BCUT2D eigenvalue weighted by Crippen LogP contribution is -2.38. The maximum Gasteiger partial charge on any atom is 0.266 e. The number of hydrogen-bond donors (Lipinski definition) is 1. The molecule has 1 aliphatic carbocycles. The van der Waals surface area contributed by atoms with Crippen molar-refractivity contribution in [2.24, 2.45) is 0 Å². The maximum atomic E-state index is 13.3. The van der Waals surface area contributed by atoms with E-state index in [1.807, 2.05) is 6.92 Å². The van der Waals surface area contributed by atoms with E-state index >= 15 is 0 Å². The van der Waals surface area contributed by atoms with Gasteiger partial charge in [-0.05, 0) is 43.5 Å². The van der Waals surface area contributed by atoms with Crippen LogP contribution < -0.4 is 5.56 Å². The minimum Gasteiger partial charge on any atom is -0.319 e. The number of hydrogen-bond acceptors (Lipinski definition) is 4. The molecule has 2 atom stereocenters. The van der Waals surface area contributed by atoms with Crippen molar-refractivity contribution in [1.82, 2.24) is 14.3 Å². The second-order valence-corrected chi connectivity index (χ2v) is 9.46. The van der Waals surface area contributed by atoms with E-state index in [-0.39, 0.29) is 22.4 Å². The van der Waals surface area contributed by atoms with Crippen LogP contribution in [0.15, 0.2) is 58.4 Å². The van der Waals surface area contributed by atoms with Crippen LogP contribution in [-0.2, 0) is 10.0 Å². The Morgan fingerprint density at radius 1 is 1.11 bits per heavy atom. The summed E-state index contributed by atoms with van der Waals surface area (Å²) in [6, 6.07) is 12.9. The minimum atomic E-state index is -3.67. The molecule has 1 fully saturated rings. The standard InChI is InChI=1S/C21H23N3O3S/c1-14-6-8-15(9-7-14)17-4-3-5-20(17)24(2)28(26,27)16-10-11-18-19(12-16)22-13-21(25)23-18/h6-13,17,20H,3-5H2,1-2H3,(H,23,25). The van der Waals surface area contributed by atoms with Crippen LogP contribution >= 0.6 is 0 Å². The third-order valence-corrected chi connectivity index (χ3v) is 7.56. The molecule has 0 saturated heterocycles. The Balaban J connectivity index is 1.67. The monoisotopic (exact) mass is 397 g/mol. The number of benzene rings is 2. The number of aryl methyl sites for hydroxylation is 1. The van der Waals surface area contributed by atoms with Crippen LogP contribution in [0.2, 0.25) is 0 Å². The van der Waals surface area contributed by atoms with Crippen molar-refractivity contribution in [2.45, 2.75) is 43.0 Å². The van der Waals surface area contributed by atoms with Crippen molar-refractivity contribution >= 4 is 21.1 Å². The first-order valence-corrected chi connectivity index (χ1v) is 10.8. The molecule has 4 rings (SSSR count). The summed E-state index contributed by atoms with van der Waals surface area (Å²) in [6.07, 6.45) is 3.98. The van der Waals surface area contributed by atoms with Gasteiger partial charge in [0.15, 0.2) is 0 Å². The summed E-state index contributed by atoms with van der Waals surface area (Å²) in [7, 11) is -2.01. The number of aromatic nitrogens is 2. The first-order valence-electron chi connectivity index (χ1n) is 9.40. The van der Waals surface area contributed by atoms with Crippen LogP contribution in [0.1, 0.15) is 36.3 Å². The molecule has 0 amide bonds. The number of fused-ring (bicyclic) bond motifs is 1. The largest absolute Gasteiger partial charge is 0.319 e. The number of rotatable bonds is 4. The molecular formula is C21H23N3O3S. The van der Waals surface area contributed by atoms with E-state index in [1.54, 1.807) is 13.1 Å². The van der Waals surface area contributed by atoms with E-state index in [4.69, 9.17) is 0 Å². The second-order valence-electron chi connectivity index (χ2n) is 7.46. The van der Waals surface area contributed by atoms with Gasteiger partial charge in [0.2, 0.25) is 10.0 Å². The van der Waals surface area contributed by atoms with Crippen molar-refractivity contribution in [3.8, 4) is 0 Å². The van der Waals surface area contributed by atoms with Gasteiger partial charge in [0.25, 0.3) is 5.56 Å². The number of likely N-dealkylation sites (N-methyl/N-ethyl adjacent to an activating group) is 1. The first kappa shape index (κ1) is 18.8. The summed E-state index contributed by atoms with van der Waals surface area (Å²) in [5.74, 6) is 0.190. The van der Waals surface area contributed by atoms with E-state index in [9.17, 15) is 13.2 Å². The highest BCUT2D eigenvalue weighted by Gasteiger charge is 2.37. The number of nitrogens with one attached hydrogen (secondary N) is 1. The lowest BCUT2D eigenvalue weighted by molar-refractivity contribution is 0.346. The van der Waals surface area contributed by atoms with Gasteiger partial charge in [-0.2, -0.15) is 4.31 Å². The summed E-state index contributed by atoms with van der Waals surface area (Å²) < 4.78 is 28.1. The lowest BCUT2D eigenvalue weighted by Gasteiger charge is -2.29. The highest BCUT2D eigenvalue weighted by Crippen LogP contribution is 2.39. The van der Waals surface area contributed by atoms with Crippen LogP contribution in [0.25, 0.3) is 11.0 Å². The summed E-state index contributed by atoms with van der Waals surface area (Å²) in [5.41, 5.74) is 3.05. The number of sulfonamides is 1. The topological polar surface area (TPSA) is 83.1 Å². The molecule has 28 heavy (non-hydrogen) atoms. The quantitative estimate of drug-likeness (QED) is 0.733. The van der Waals surface area contributed by atoms with Crippen LogP contribution in [0.3, 0.4) is 0 Å². The van der Waals surface area contributed by atoms with Crippen molar-refractivity contribution in [2.75, 3.05) is 7.05 Å². The minimum absolute atomic E-state index is 0.0769. The molecule has 1 aromatic heterocycles. The van der Waals surface area contributed by atoms with Gasteiger partial charge in [-0.25, -0.2) is 13.4 Å². The fraction of sp³-hybridized carbons (Fsp3) is 0.333. The Morgan fingerprint density at radius 3 is 2.61 bits per heavy atom. The molecule has 0 spiro atoms. The van der Waals surface area contributed by atoms with Crippen molar-refractivity contribution in [3.05, 3.63) is 70.1 Å². The first-order chi connectivity index (χ1) is 13.4. The Bertz CT molecular complexity index is 1170. The Labute approximate surface area is 164 Å². The normalized spacial score (nSPS) is 20.1. The molecule has 1 heterocycles. The molecule has 1 aliphatic rings. The maximum absolute atomic E-state index is 13.3. The third-order valence-electron chi connectivity index (χ3n) is 5.68. The lowest BCUT2D eigenvalue weighted by atomic mass is 9.93. The summed E-state index contributed by atoms with van der Waals surface area (Å²) >= 11 is 0. The molecule has 7 heteroatoms. The van der Waals surface area contributed by atoms with Gasteiger partial charge in [-0.1, -0.05) is 36.2 Å². The average Bonchev–Trinajstić information content (AvgIpc) is 3.17. The van der Waals surface area contributed by atoms with Crippen LogP contribution in [0.5, 0.6) is 0 Å². The van der Waals surface area contributed by atoms with Crippen molar-refractivity contribution in [1.29, 1.82) is 0 Å². The van der Waals surface area contributed by atoms with E-state index < -0.39 is 10.0 Å². The zero-order chi connectivity index (χ0) is 19.9. The number of aromatic amines is 1. The van der Waals surface area contributed by atoms with Gasteiger partial charge in [-0.15, -0.1) is 0 Å². The third kappa shape index (κ3) is 3.36. The fourth-order valence-electron chi connectivity index (χ4n) is 4.10. The van der Waals surface area contributed by atoms with Crippen LogP contribution in [0.4, 0.5) is 0 Å². The van der Waals surface area contributed by atoms with Gasteiger partial charge in [0, 0.05) is 19.0 Å². The molecule has 2 aromatic carbocycles. The van der Waals surface area contributed by atoms with Gasteiger partial charge in [0.1, 0.15) is 0 Å². The Kier molecular flexibility index (Phi) is 4.81. The smallest absolute Gasteiger partial charge is 0.266 e. The molecule has 0 aliphatic heterocycles. The predicted octanol–water partition coefficient (Wildman–Crippen LogP) is 3.19. The second kappa shape index (κ2) is 7.14. The molecule has 3 aromatic rings. The van der Waals surface area contributed by atoms with Gasteiger partial charge in [-0.3, -0.25) is 4.79 Å². The van der Waals surface area contributed by atoms with Gasteiger partial charge >= 0.3 is 0 Å². The van der Waals surface area contributed by atoms with E-state index in [0.29, 0.717) is 11.0 Å². The molecule has 1 N–H and O–H groups in total. The van der Waals surface area contributed by atoms with Gasteiger partial charge in [0.05, 0.1) is 22.1 Å².